The van der Waals surface area contributed by atoms with Crippen LogP contribution in [0.3, 0.4) is 0 Å². The van der Waals surface area contributed by atoms with Gasteiger partial charge in [-0.1, -0.05) is 18.6 Å². The van der Waals surface area contributed by atoms with E-state index in [0.29, 0.717) is 25.7 Å². The number of sulfone groups is 1. The SMILES string of the molecule is O=S1(=O)C2CCCC1CC(O)(c1ccc(N3CCOCC3)cc1)C2. The lowest BCUT2D eigenvalue weighted by molar-refractivity contribution is 0.00501. The van der Waals surface area contributed by atoms with Gasteiger partial charge in [0.05, 0.1) is 29.3 Å². The molecule has 3 saturated heterocycles. The largest absolute Gasteiger partial charge is 0.385 e. The van der Waals surface area contributed by atoms with Crippen LogP contribution in [0.2, 0.25) is 0 Å². The number of hydrogen-bond donors (Lipinski definition) is 1. The molecule has 3 aliphatic heterocycles. The smallest absolute Gasteiger partial charge is 0.156 e. The van der Waals surface area contributed by atoms with Crippen molar-refractivity contribution in [3.05, 3.63) is 29.8 Å². The summed E-state index contributed by atoms with van der Waals surface area (Å²) in [6, 6.07) is 8.02. The Hall–Kier alpha value is -1.11. The van der Waals surface area contributed by atoms with E-state index in [1.165, 1.54) is 0 Å². The lowest BCUT2D eigenvalue weighted by atomic mass is 9.80. The van der Waals surface area contributed by atoms with Crippen molar-refractivity contribution in [3.63, 3.8) is 0 Å². The van der Waals surface area contributed by atoms with Gasteiger partial charge >= 0.3 is 0 Å². The van der Waals surface area contributed by atoms with Gasteiger partial charge in [-0.05, 0) is 43.4 Å². The van der Waals surface area contributed by atoms with Gasteiger partial charge in [-0.2, -0.15) is 0 Å². The Bertz CT molecular complexity index is 674. The molecule has 5 nitrogen and oxygen atoms in total. The first-order valence-corrected chi connectivity index (χ1v) is 10.5. The molecule has 0 radical (unpaired) electrons. The van der Waals surface area contributed by atoms with Crippen LogP contribution in [0.25, 0.3) is 0 Å². The highest BCUT2D eigenvalue weighted by atomic mass is 32.2. The first-order valence-electron chi connectivity index (χ1n) is 8.87. The van der Waals surface area contributed by atoms with E-state index in [9.17, 15) is 13.5 Å². The summed E-state index contributed by atoms with van der Waals surface area (Å²) in [7, 11) is -3.05. The highest BCUT2D eigenvalue weighted by Gasteiger charge is 2.50. The number of morpholine rings is 1. The van der Waals surface area contributed by atoms with Crippen LogP contribution in [0.5, 0.6) is 0 Å². The monoisotopic (exact) mass is 351 g/mol. The summed E-state index contributed by atoms with van der Waals surface area (Å²) in [6.45, 7) is 3.25. The van der Waals surface area contributed by atoms with Gasteiger partial charge in [-0.3, -0.25) is 0 Å². The molecule has 2 atom stereocenters. The maximum atomic E-state index is 12.4. The molecule has 3 fully saturated rings. The van der Waals surface area contributed by atoms with Crippen molar-refractivity contribution < 1.29 is 18.3 Å². The Kier molecular flexibility index (Phi) is 4.09. The normalized spacial score (nSPS) is 35.6. The predicted octanol–water partition coefficient (Wildman–Crippen LogP) is 1.84. The molecular weight excluding hydrogens is 326 g/mol. The minimum absolute atomic E-state index is 0.336. The molecular formula is C18H25NO4S. The Morgan fingerprint density at radius 1 is 1.04 bits per heavy atom. The van der Waals surface area contributed by atoms with Crippen LogP contribution in [0, 0.1) is 0 Å². The van der Waals surface area contributed by atoms with Crippen LogP contribution in [0.4, 0.5) is 5.69 Å². The molecule has 1 aromatic rings. The maximum absolute atomic E-state index is 12.4. The fourth-order valence-corrected chi connectivity index (χ4v) is 7.04. The summed E-state index contributed by atoms with van der Waals surface area (Å²) in [5.74, 6) is 0. The molecule has 6 heteroatoms. The number of nitrogens with zero attached hydrogens (tertiary/aromatic N) is 1. The van der Waals surface area contributed by atoms with Crippen molar-refractivity contribution in [1.82, 2.24) is 0 Å². The van der Waals surface area contributed by atoms with Crippen molar-refractivity contribution in [2.45, 2.75) is 48.2 Å². The van der Waals surface area contributed by atoms with Gasteiger partial charge in [0.25, 0.3) is 0 Å². The van der Waals surface area contributed by atoms with Crippen LogP contribution < -0.4 is 4.90 Å². The van der Waals surface area contributed by atoms with Gasteiger partial charge in [-0.25, -0.2) is 8.42 Å². The second-order valence-electron chi connectivity index (χ2n) is 7.35. The number of benzene rings is 1. The van der Waals surface area contributed by atoms with Crippen molar-refractivity contribution in [1.29, 1.82) is 0 Å². The minimum Gasteiger partial charge on any atom is -0.385 e. The van der Waals surface area contributed by atoms with Gasteiger partial charge in [0.15, 0.2) is 9.84 Å². The molecule has 0 amide bonds. The lowest BCUT2D eigenvalue weighted by Crippen LogP contribution is -2.50. The zero-order chi connectivity index (χ0) is 16.8. The highest BCUT2D eigenvalue weighted by Crippen LogP contribution is 2.46. The Balaban J connectivity index is 1.57. The van der Waals surface area contributed by atoms with E-state index in [-0.39, 0.29) is 10.5 Å². The van der Waals surface area contributed by atoms with Crippen molar-refractivity contribution in [3.8, 4) is 0 Å². The van der Waals surface area contributed by atoms with E-state index in [4.69, 9.17) is 4.74 Å². The Labute approximate surface area is 143 Å². The quantitative estimate of drug-likeness (QED) is 0.881. The average molecular weight is 351 g/mol. The number of aliphatic hydroxyl groups is 1. The summed E-state index contributed by atoms with van der Waals surface area (Å²) in [5.41, 5.74) is 0.977. The second-order valence-corrected chi connectivity index (χ2v) is 9.86. The van der Waals surface area contributed by atoms with Gasteiger partial charge < -0.3 is 14.7 Å². The minimum atomic E-state index is -3.05. The molecule has 2 unspecified atom stereocenters. The average Bonchev–Trinajstić information content (AvgIpc) is 2.57. The van der Waals surface area contributed by atoms with E-state index in [0.717, 1.165) is 44.0 Å². The highest BCUT2D eigenvalue weighted by molar-refractivity contribution is 7.92. The van der Waals surface area contributed by atoms with Crippen LogP contribution in [0.1, 0.15) is 37.7 Å². The molecule has 132 valence electrons. The Morgan fingerprint density at radius 2 is 1.62 bits per heavy atom. The lowest BCUT2D eigenvalue weighted by Gasteiger charge is -2.44. The molecule has 0 spiro atoms. The first-order chi connectivity index (χ1) is 11.5. The molecule has 1 aromatic carbocycles. The molecule has 0 aliphatic carbocycles. The molecule has 0 saturated carbocycles. The van der Waals surface area contributed by atoms with E-state index in [1.807, 2.05) is 24.3 Å². The summed E-state index contributed by atoms with van der Waals surface area (Å²) >= 11 is 0. The zero-order valence-corrected chi connectivity index (χ0v) is 14.7. The fourth-order valence-electron chi connectivity index (χ4n) is 4.49. The second kappa shape index (κ2) is 6.00. The van der Waals surface area contributed by atoms with Crippen LogP contribution in [0.15, 0.2) is 24.3 Å². The van der Waals surface area contributed by atoms with E-state index in [1.54, 1.807) is 0 Å². The number of rotatable bonds is 2. The number of anilines is 1. The van der Waals surface area contributed by atoms with Gasteiger partial charge in [0.2, 0.25) is 0 Å². The molecule has 3 heterocycles. The molecule has 4 rings (SSSR count). The summed E-state index contributed by atoms with van der Waals surface area (Å²) in [6.07, 6.45) is 3.01. The van der Waals surface area contributed by atoms with Crippen LogP contribution >= 0.6 is 0 Å². The van der Waals surface area contributed by atoms with Gasteiger partial charge in [0.1, 0.15) is 0 Å². The van der Waals surface area contributed by atoms with Crippen LogP contribution in [-0.2, 0) is 20.2 Å². The molecule has 2 bridgehead atoms. The van der Waals surface area contributed by atoms with Gasteiger partial charge in [-0.15, -0.1) is 0 Å². The third-order valence-electron chi connectivity index (χ3n) is 5.89. The maximum Gasteiger partial charge on any atom is 0.156 e. The fraction of sp³-hybridized carbons (Fsp3) is 0.667. The van der Waals surface area contributed by atoms with Crippen molar-refractivity contribution in [2.75, 3.05) is 31.2 Å². The number of fused-ring (bicyclic) bond motifs is 2. The molecule has 0 aromatic heterocycles. The summed E-state index contributed by atoms with van der Waals surface area (Å²) in [4.78, 5) is 2.28. The first kappa shape index (κ1) is 16.4. The standard InChI is InChI=1S/C18H25NO4S/c20-18(12-16-2-1-3-17(13-18)24(16,21)22)14-4-6-15(7-5-14)19-8-10-23-11-9-19/h4-7,16-17,20H,1-3,8-13H2. The van der Waals surface area contributed by atoms with E-state index >= 15 is 0 Å². The van der Waals surface area contributed by atoms with Crippen LogP contribution in [-0.4, -0.2) is 50.3 Å². The number of hydrogen-bond acceptors (Lipinski definition) is 5. The van der Waals surface area contributed by atoms with Gasteiger partial charge in [0, 0.05) is 18.8 Å². The van der Waals surface area contributed by atoms with Crippen molar-refractivity contribution >= 4 is 15.5 Å². The third kappa shape index (κ3) is 2.74. The molecule has 1 N–H and O–H groups in total. The third-order valence-corrected chi connectivity index (χ3v) is 8.56. The predicted molar refractivity (Wildman–Crippen MR) is 93.0 cm³/mol. The summed E-state index contributed by atoms with van der Waals surface area (Å²) in [5, 5.41) is 10.4. The number of ether oxygens (including phenoxy) is 1. The van der Waals surface area contributed by atoms with E-state index < -0.39 is 15.4 Å². The molecule has 24 heavy (non-hydrogen) atoms. The molecule has 3 aliphatic rings. The van der Waals surface area contributed by atoms with E-state index in [2.05, 4.69) is 4.90 Å². The van der Waals surface area contributed by atoms with Crippen molar-refractivity contribution in [2.24, 2.45) is 0 Å². The topological polar surface area (TPSA) is 66.8 Å². The zero-order valence-electron chi connectivity index (χ0n) is 13.9. The summed E-state index contributed by atoms with van der Waals surface area (Å²) < 4.78 is 30.3. The Morgan fingerprint density at radius 3 is 2.21 bits per heavy atom.